The first-order chi connectivity index (χ1) is 14.7. The molecule has 1 aliphatic heterocycles. The quantitative estimate of drug-likeness (QED) is 0.481. The molecule has 0 aliphatic carbocycles. The highest BCUT2D eigenvalue weighted by Gasteiger charge is 2.21. The Kier molecular flexibility index (Phi) is 5.25. The van der Waals surface area contributed by atoms with Crippen molar-refractivity contribution in [1.29, 1.82) is 0 Å². The van der Waals surface area contributed by atoms with Crippen LogP contribution in [0.1, 0.15) is 12.8 Å². The molecule has 4 aromatic rings. The van der Waals surface area contributed by atoms with Crippen LogP contribution >= 0.6 is 23.2 Å². The molecular weight excluding hydrogens is 421 g/mol. The Bertz CT molecular complexity index is 1190. The van der Waals surface area contributed by atoms with E-state index in [1.165, 1.54) is 6.42 Å². The van der Waals surface area contributed by atoms with Crippen LogP contribution in [0.25, 0.3) is 28.0 Å². The summed E-state index contributed by atoms with van der Waals surface area (Å²) in [6.45, 7) is 1.84. The number of anilines is 1. The average molecular weight is 440 g/mol. The normalized spacial score (nSPS) is 16.3. The SMILES string of the molecule is Clc1ccc(-c2c(-c3ccncc3)nc(NC[C@@H]3CCCN3)n3cnnc23)cc1Cl. The first kappa shape index (κ1) is 19.2. The highest BCUT2D eigenvalue weighted by atomic mass is 35.5. The van der Waals surface area contributed by atoms with Crippen molar-refractivity contribution in [2.45, 2.75) is 18.9 Å². The lowest BCUT2D eigenvalue weighted by Crippen LogP contribution is -2.30. The van der Waals surface area contributed by atoms with Gasteiger partial charge in [-0.1, -0.05) is 29.3 Å². The molecule has 1 saturated heterocycles. The summed E-state index contributed by atoms with van der Waals surface area (Å²) in [6.07, 6.45) is 7.51. The molecule has 7 nitrogen and oxygen atoms in total. The van der Waals surface area contributed by atoms with Gasteiger partial charge in [-0.3, -0.25) is 9.38 Å². The topological polar surface area (TPSA) is 80.0 Å². The maximum Gasteiger partial charge on any atom is 0.210 e. The van der Waals surface area contributed by atoms with Gasteiger partial charge in [0, 0.05) is 30.5 Å². The number of nitrogens with zero attached hydrogens (tertiary/aromatic N) is 5. The second kappa shape index (κ2) is 8.18. The smallest absolute Gasteiger partial charge is 0.210 e. The minimum Gasteiger partial charge on any atom is -0.354 e. The van der Waals surface area contributed by atoms with E-state index in [2.05, 4.69) is 25.8 Å². The minimum absolute atomic E-state index is 0.428. The Hall–Kier alpha value is -2.74. The Morgan fingerprint density at radius 3 is 2.73 bits per heavy atom. The maximum absolute atomic E-state index is 6.32. The van der Waals surface area contributed by atoms with E-state index in [9.17, 15) is 0 Å². The maximum atomic E-state index is 6.32. The van der Waals surface area contributed by atoms with Crippen LogP contribution in [0.4, 0.5) is 5.95 Å². The minimum atomic E-state index is 0.428. The molecule has 0 radical (unpaired) electrons. The second-order valence-electron chi connectivity index (χ2n) is 7.22. The molecule has 1 fully saturated rings. The van der Waals surface area contributed by atoms with Gasteiger partial charge >= 0.3 is 0 Å². The van der Waals surface area contributed by atoms with Crippen molar-refractivity contribution in [3.05, 3.63) is 59.1 Å². The fourth-order valence-electron chi connectivity index (χ4n) is 3.79. The average Bonchev–Trinajstić information content (AvgIpc) is 3.46. The van der Waals surface area contributed by atoms with Gasteiger partial charge in [0.2, 0.25) is 5.95 Å². The second-order valence-corrected chi connectivity index (χ2v) is 8.04. The highest BCUT2D eigenvalue weighted by Crippen LogP contribution is 2.37. The number of nitrogens with one attached hydrogen (secondary N) is 2. The molecule has 1 aliphatic rings. The molecule has 0 saturated carbocycles. The summed E-state index contributed by atoms with van der Waals surface area (Å²) >= 11 is 12.5. The van der Waals surface area contributed by atoms with Crippen LogP contribution in [0.3, 0.4) is 0 Å². The summed E-state index contributed by atoms with van der Waals surface area (Å²) in [7, 11) is 0. The van der Waals surface area contributed by atoms with Gasteiger partial charge in [-0.15, -0.1) is 10.2 Å². The van der Waals surface area contributed by atoms with Crippen LogP contribution in [0.2, 0.25) is 10.0 Å². The number of aromatic nitrogens is 5. The first-order valence-electron chi connectivity index (χ1n) is 9.77. The third kappa shape index (κ3) is 3.60. The van der Waals surface area contributed by atoms with Gasteiger partial charge in [-0.25, -0.2) is 4.98 Å². The lowest BCUT2D eigenvalue weighted by atomic mass is 10.0. The molecule has 1 aromatic carbocycles. The molecule has 30 heavy (non-hydrogen) atoms. The van der Waals surface area contributed by atoms with E-state index in [4.69, 9.17) is 28.2 Å². The Balaban J connectivity index is 1.68. The van der Waals surface area contributed by atoms with Crippen molar-refractivity contribution in [3.8, 4) is 22.4 Å². The van der Waals surface area contributed by atoms with Crippen molar-refractivity contribution in [1.82, 2.24) is 29.9 Å². The van der Waals surface area contributed by atoms with Crippen LogP contribution in [0.5, 0.6) is 0 Å². The van der Waals surface area contributed by atoms with E-state index in [0.717, 1.165) is 41.9 Å². The summed E-state index contributed by atoms with van der Waals surface area (Å²) in [5.74, 6) is 0.694. The van der Waals surface area contributed by atoms with E-state index >= 15 is 0 Å². The van der Waals surface area contributed by atoms with Crippen LogP contribution in [0, 0.1) is 0 Å². The number of rotatable bonds is 5. The molecule has 1 atom stereocenters. The molecule has 2 N–H and O–H groups in total. The first-order valence-corrected chi connectivity index (χ1v) is 10.5. The van der Waals surface area contributed by atoms with E-state index in [1.54, 1.807) is 24.8 Å². The Labute approximate surface area is 183 Å². The van der Waals surface area contributed by atoms with Crippen LogP contribution in [-0.4, -0.2) is 43.7 Å². The number of hydrogen-bond donors (Lipinski definition) is 2. The molecular formula is C21H19Cl2N7. The monoisotopic (exact) mass is 439 g/mol. The van der Waals surface area contributed by atoms with Crippen molar-refractivity contribution in [2.75, 3.05) is 18.4 Å². The number of pyridine rings is 1. The summed E-state index contributed by atoms with van der Waals surface area (Å²) < 4.78 is 1.87. The predicted octanol–water partition coefficient (Wildman–Crippen LogP) is 4.32. The van der Waals surface area contributed by atoms with Gasteiger partial charge in [-0.05, 0) is 49.2 Å². The fraction of sp³-hybridized carbons (Fsp3) is 0.238. The van der Waals surface area contributed by atoms with Gasteiger partial charge < -0.3 is 10.6 Å². The summed E-state index contributed by atoms with van der Waals surface area (Å²) in [4.78, 5) is 9.11. The van der Waals surface area contributed by atoms with Crippen molar-refractivity contribution in [2.24, 2.45) is 0 Å². The van der Waals surface area contributed by atoms with Gasteiger partial charge in [0.1, 0.15) is 6.33 Å². The van der Waals surface area contributed by atoms with Crippen LogP contribution < -0.4 is 10.6 Å². The fourth-order valence-corrected chi connectivity index (χ4v) is 4.09. The number of benzene rings is 1. The number of hydrogen-bond acceptors (Lipinski definition) is 6. The van der Waals surface area contributed by atoms with E-state index < -0.39 is 0 Å². The zero-order valence-electron chi connectivity index (χ0n) is 16.0. The van der Waals surface area contributed by atoms with Crippen molar-refractivity contribution < 1.29 is 0 Å². The highest BCUT2D eigenvalue weighted by molar-refractivity contribution is 6.42. The molecule has 0 bridgehead atoms. The molecule has 0 unspecified atom stereocenters. The van der Waals surface area contributed by atoms with Crippen LogP contribution in [0.15, 0.2) is 49.1 Å². The largest absolute Gasteiger partial charge is 0.354 e. The third-order valence-corrected chi connectivity index (χ3v) is 6.02. The summed E-state index contributed by atoms with van der Waals surface area (Å²) in [5.41, 5.74) is 4.10. The van der Waals surface area contributed by atoms with Crippen molar-refractivity contribution >= 4 is 34.8 Å². The molecule has 0 amide bonds. The van der Waals surface area contributed by atoms with E-state index in [-0.39, 0.29) is 0 Å². The van der Waals surface area contributed by atoms with Gasteiger partial charge in [0.05, 0.1) is 21.3 Å². The molecule has 4 heterocycles. The van der Waals surface area contributed by atoms with Gasteiger partial charge in [0.25, 0.3) is 0 Å². The predicted molar refractivity (Wildman–Crippen MR) is 119 cm³/mol. The third-order valence-electron chi connectivity index (χ3n) is 5.29. The summed E-state index contributed by atoms with van der Waals surface area (Å²) in [6, 6.07) is 9.81. The van der Waals surface area contributed by atoms with Crippen molar-refractivity contribution in [3.63, 3.8) is 0 Å². The molecule has 0 spiro atoms. The molecule has 152 valence electrons. The van der Waals surface area contributed by atoms with Gasteiger partial charge in [-0.2, -0.15) is 0 Å². The van der Waals surface area contributed by atoms with E-state index in [1.807, 2.05) is 28.7 Å². The molecule has 3 aromatic heterocycles. The molecule has 5 rings (SSSR count). The van der Waals surface area contributed by atoms with Crippen LogP contribution in [-0.2, 0) is 0 Å². The number of halogens is 2. The zero-order chi connectivity index (χ0) is 20.5. The lowest BCUT2D eigenvalue weighted by Gasteiger charge is -2.17. The lowest BCUT2D eigenvalue weighted by molar-refractivity contribution is 0.630. The Morgan fingerprint density at radius 1 is 1.10 bits per heavy atom. The number of fused-ring (bicyclic) bond motifs is 1. The summed E-state index contributed by atoms with van der Waals surface area (Å²) in [5, 5.41) is 16.5. The Morgan fingerprint density at radius 2 is 1.97 bits per heavy atom. The van der Waals surface area contributed by atoms with E-state index in [0.29, 0.717) is 27.7 Å². The standard InChI is InChI=1S/C21H19Cl2N7/c22-16-4-3-14(10-17(16)23)18-19(13-5-8-24-9-6-13)28-21(30-12-27-29-20(18)30)26-11-15-2-1-7-25-15/h3-6,8-10,12,15,25H,1-2,7,11H2,(H,26,28)/t15-/m0/s1. The zero-order valence-corrected chi connectivity index (χ0v) is 17.5. The van der Waals surface area contributed by atoms with Gasteiger partial charge in [0.15, 0.2) is 5.65 Å². The molecule has 9 heteroatoms.